The lowest BCUT2D eigenvalue weighted by Crippen LogP contribution is -2.40. The van der Waals surface area contributed by atoms with Crippen molar-refractivity contribution in [2.24, 2.45) is 0 Å². The van der Waals surface area contributed by atoms with Gasteiger partial charge in [0, 0.05) is 13.1 Å². The lowest BCUT2D eigenvalue weighted by Gasteiger charge is -2.34. The lowest BCUT2D eigenvalue weighted by molar-refractivity contribution is -0.141. The lowest BCUT2D eigenvalue weighted by atomic mass is 9.86. The van der Waals surface area contributed by atoms with E-state index in [1.54, 1.807) is 17.0 Å². The predicted molar refractivity (Wildman–Crippen MR) is 92.3 cm³/mol. The summed E-state index contributed by atoms with van der Waals surface area (Å²) < 4.78 is 0. The third-order valence-electron chi connectivity index (χ3n) is 4.82. The van der Waals surface area contributed by atoms with Gasteiger partial charge in [0.2, 0.25) is 0 Å². The molecule has 2 aromatic carbocycles. The van der Waals surface area contributed by atoms with Crippen LogP contribution in [0.4, 0.5) is 0 Å². The van der Waals surface area contributed by atoms with Crippen LogP contribution in [-0.4, -0.2) is 34.1 Å². The van der Waals surface area contributed by atoms with Crippen molar-refractivity contribution >= 4 is 5.91 Å². The molecule has 4 nitrogen and oxygen atoms in total. The first-order valence-corrected chi connectivity index (χ1v) is 8.41. The van der Waals surface area contributed by atoms with Crippen LogP contribution in [0.2, 0.25) is 0 Å². The van der Waals surface area contributed by atoms with Gasteiger partial charge in [-0.25, -0.2) is 0 Å². The highest BCUT2D eigenvalue weighted by Crippen LogP contribution is 2.31. The molecular weight excluding hydrogens is 302 g/mol. The number of aliphatic hydroxyl groups excluding tert-OH is 2. The summed E-state index contributed by atoms with van der Waals surface area (Å²) in [6.45, 7) is 1.31. The molecule has 0 radical (unpaired) electrons. The maximum absolute atomic E-state index is 12.5. The summed E-state index contributed by atoms with van der Waals surface area (Å²) in [7, 11) is 0. The molecule has 2 N–H and O–H groups in total. The van der Waals surface area contributed by atoms with Crippen LogP contribution in [-0.2, 0) is 11.4 Å². The van der Waals surface area contributed by atoms with E-state index < -0.39 is 6.10 Å². The van der Waals surface area contributed by atoms with Crippen LogP contribution in [0.25, 0.3) is 0 Å². The maximum atomic E-state index is 12.5. The Bertz CT molecular complexity index is 678. The van der Waals surface area contributed by atoms with E-state index in [4.69, 9.17) is 0 Å². The second-order valence-electron chi connectivity index (χ2n) is 6.27. The highest BCUT2D eigenvalue weighted by Gasteiger charge is 2.29. The summed E-state index contributed by atoms with van der Waals surface area (Å²) in [5.74, 6) is 0.126. The minimum atomic E-state index is -1.09. The van der Waals surface area contributed by atoms with Gasteiger partial charge in [0.05, 0.1) is 6.61 Å². The van der Waals surface area contributed by atoms with E-state index >= 15 is 0 Å². The topological polar surface area (TPSA) is 60.8 Å². The number of rotatable bonds is 4. The molecule has 1 atom stereocenters. The van der Waals surface area contributed by atoms with Crippen LogP contribution < -0.4 is 0 Å². The molecular formula is C20H23NO3. The van der Waals surface area contributed by atoms with E-state index in [9.17, 15) is 15.0 Å². The van der Waals surface area contributed by atoms with Gasteiger partial charge in [-0.15, -0.1) is 0 Å². The molecule has 1 heterocycles. The zero-order valence-corrected chi connectivity index (χ0v) is 13.6. The van der Waals surface area contributed by atoms with Crippen LogP contribution in [0.1, 0.15) is 41.6 Å². The van der Waals surface area contributed by atoms with Crippen molar-refractivity contribution in [1.82, 2.24) is 4.90 Å². The van der Waals surface area contributed by atoms with E-state index in [2.05, 4.69) is 6.07 Å². The summed E-state index contributed by atoms with van der Waals surface area (Å²) in [5.41, 5.74) is 2.78. The second kappa shape index (κ2) is 7.60. The molecule has 126 valence electrons. The SMILES string of the molecule is O=C(C(O)c1ccccc1)N1CCC(c2ccccc2CO)CC1. The highest BCUT2D eigenvalue weighted by atomic mass is 16.3. The quantitative estimate of drug-likeness (QED) is 0.908. The minimum Gasteiger partial charge on any atom is -0.392 e. The van der Waals surface area contributed by atoms with Crippen molar-refractivity contribution in [1.29, 1.82) is 0 Å². The molecule has 2 aromatic rings. The number of amides is 1. The van der Waals surface area contributed by atoms with E-state index in [1.807, 2.05) is 36.4 Å². The molecule has 1 aliphatic rings. The van der Waals surface area contributed by atoms with Gasteiger partial charge >= 0.3 is 0 Å². The number of likely N-dealkylation sites (tertiary alicyclic amines) is 1. The fraction of sp³-hybridized carbons (Fsp3) is 0.350. The molecule has 4 heteroatoms. The van der Waals surface area contributed by atoms with E-state index in [0.717, 1.165) is 18.4 Å². The number of carbonyl (C=O) groups excluding carboxylic acids is 1. The number of carbonyl (C=O) groups is 1. The number of benzene rings is 2. The number of nitrogens with zero attached hydrogens (tertiary/aromatic N) is 1. The van der Waals surface area contributed by atoms with Gasteiger partial charge in [-0.2, -0.15) is 0 Å². The van der Waals surface area contributed by atoms with Crippen LogP contribution in [0.5, 0.6) is 0 Å². The Morgan fingerprint density at radius 2 is 1.67 bits per heavy atom. The minimum absolute atomic E-state index is 0.0437. The van der Waals surface area contributed by atoms with Crippen molar-refractivity contribution in [2.75, 3.05) is 13.1 Å². The summed E-state index contributed by atoms with van der Waals surface area (Å²) in [4.78, 5) is 14.2. The summed E-state index contributed by atoms with van der Waals surface area (Å²) in [6.07, 6.45) is 0.613. The zero-order valence-electron chi connectivity index (χ0n) is 13.6. The monoisotopic (exact) mass is 325 g/mol. The van der Waals surface area contributed by atoms with Gasteiger partial charge in [0.15, 0.2) is 6.10 Å². The molecule has 1 fully saturated rings. The smallest absolute Gasteiger partial charge is 0.256 e. The molecule has 0 spiro atoms. The first kappa shape index (κ1) is 16.7. The van der Waals surface area contributed by atoms with E-state index in [0.29, 0.717) is 24.6 Å². The Kier molecular flexibility index (Phi) is 5.28. The van der Waals surface area contributed by atoms with Crippen LogP contribution >= 0.6 is 0 Å². The molecule has 1 aliphatic heterocycles. The number of aliphatic hydroxyl groups is 2. The second-order valence-corrected chi connectivity index (χ2v) is 6.27. The third-order valence-corrected chi connectivity index (χ3v) is 4.82. The maximum Gasteiger partial charge on any atom is 0.256 e. The highest BCUT2D eigenvalue weighted by molar-refractivity contribution is 5.82. The van der Waals surface area contributed by atoms with Gasteiger partial charge in [-0.05, 0) is 35.4 Å². The summed E-state index contributed by atoms with van der Waals surface area (Å²) >= 11 is 0. The van der Waals surface area contributed by atoms with Crippen LogP contribution in [0, 0.1) is 0 Å². The Morgan fingerprint density at radius 3 is 2.33 bits per heavy atom. The molecule has 0 saturated carbocycles. The molecule has 1 amide bonds. The average molecular weight is 325 g/mol. The number of hydrogen-bond acceptors (Lipinski definition) is 3. The fourth-order valence-corrected chi connectivity index (χ4v) is 3.44. The normalized spacial score (nSPS) is 16.8. The summed E-state index contributed by atoms with van der Waals surface area (Å²) in [5, 5.41) is 19.8. The van der Waals surface area contributed by atoms with Crippen molar-refractivity contribution < 1.29 is 15.0 Å². The molecule has 0 bridgehead atoms. The van der Waals surface area contributed by atoms with Gasteiger partial charge in [0.1, 0.15) is 0 Å². The zero-order chi connectivity index (χ0) is 16.9. The third kappa shape index (κ3) is 3.50. The van der Waals surface area contributed by atoms with Gasteiger partial charge in [0.25, 0.3) is 5.91 Å². The van der Waals surface area contributed by atoms with Crippen molar-refractivity contribution in [2.45, 2.75) is 31.5 Å². The van der Waals surface area contributed by atoms with Crippen LogP contribution in [0.3, 0.4) is 0 Å². The first-order valence-electron chi connectivity index (χ1n) is 8.41. The van der Waals surface area contributed by atoms with Crippen LogP contribution in [0.15, 0.2) is 54.6 Å². The Hall–Kier alpha value is -2.17. The largest absolute Gasteiger partial charge is 0.392 e. The fourth-order valence-electron chi connectivity index (χ4n) is 3.44. The Labute approximate surface area is 142 Å². The number of piperidine rings is 1. The van der Waals surface area contributed by atoms with Crippen molar-refractivity contribution in [3.63, 3.8) is 0 Å². The molecule has 0 aliphatic carbocycles. The van der Waals surface area contributed by atoms with E-state index in [-0.39, 0.29) is 12.5 Å². The predicted octanol–water partition coefficient (Wildman–Crippen LogP) is 2.62. The molecule has 3 rings (SSSR count). The molecule has 1 saturated heterocycles. The standard InChI is InChI=1S/C20H23NO3/c22-14-17-8-4-5-9-18(17)15-10-12-21(13-11-15)20(24)19(23)16-6-2-1-3-7-16/h1-9,15,19,22-23H,10-14H2. The van der Waals surface area contributed by atoms with Gasteiger partial charge in [-0.3, -0.25) is 4.79 Å². The number of hydrogen-bond donors (Lipinski definition) is 2. The molecule has 1 unspecified atom stereocenters. The molecule has 0 aromatic heterocycles. The molecule has 24 heavy (non-hydrogen) atoms. The Balaban J connectivity index is 1.63. The summed E-state index contributed by atoms with van der Waals surface area (Å²) in [6, 6.07) is 17.0. The van der Waals surface area contributed by atoms with Crippen molar-refractivity contribution in [3.05, 3.63) is 71.3 Å². The van der Waals surface area contributed by atoms with Crippen molar-refractivity contribution in [3.8, 4) is 0 Å². The Morgan fingerprint density at radius 1 is 1.04 bits per heavy atom. The van der Waals surface area contributed by atoms with E-state index in [1.165, 1.54) is 5.56 Å². The average Bonchev–Trinajstić information content (AvgIpc) is 2.67. The van der Waals surface area contributed by atoms with Gasteiger partial charge < -0.3 is 15.1 Å². The van der Waals surface area contributed by atoms with Gasteiger partial charge in [-0.1, -0.05) is 54.6 Å². The first-order chi connectivity index (χ1) is 11.7.